The van der Waals surface area contributed by atoms with Gasteiger partial charge in [0.1, 0.15) is 0 Å². The van der Waals surface area contributed by atoms with Gasteiger partial charge >= 0.3 is 0 Å². The number of nitrogens with one attached hydrogen (secondary N) is 2. The summed E-state index contributed by atoms with van der Waals surface area (Å²) < 4.78 is 0. The average Bonchev–Trinajstić information content (AvgIpc) is 2.95. The Hall–Kier alpha value is -0.520. The van der Waals surface area contributed by atoms with E-state index in [4.69, 9.17) is 23.2 Å². The summed E-state index contributed by atoms with van der Waals surface area (Å²) in [5, 5.41) is 7.43. The minimum absolute atomic E-state index is 0. The van der Waals surface area contributed by atoms with Crippen molar-refractivity contribution in [1.29, 1.82) is 0 Å². The van der Waals surface area contributed by atoms with Crippen LogP contribution in [0.25, 0.3) is 0 Å². The van der Waals surface area contributed by atoms with Crippen LogP contribution in [0.1, 0.15) is 25.7 Å². The summed E-state index contributed by atoms with van der Waals surface area (Å²) in [6.45, 7) is 4.22. The predicted octanol–water partition coefficient (Wildman–Crippen LogP) is 3.82. The summed E-state index contributed by atoms with van der Waals surface area (Å²) in [5.41, 5.74) is 0.668. The molecule has 0 bridgehead atoms. The lowest BCUT2D eigenvalue weighted by molar-refractivity contribution is -0.120. The Morgan fingerprint density at radius 3 is 2.50 bits per heavy atom. The number of carbonyl (C=O) groups excluding carboxylic acids is 1. The topological polar surface area (TPSA) is 44.4 Å². The van der Waals surface area contributed by atoms with Crippen LogP contribution < -0.4 is 10.6 Å². The summed E-state index contributed by atoms with van der Waals surface area (Å²) in [7, 11) is 0. The Morgan fingerprint density at radius 2 is 1.83 bits per heavy atom. The lowest BCUT2D eigenvalue weighted by atomic mass is 9.97. The van der Waals surface area contributed by atoms with Gasteiger partial charge < -0.3 is 10.6 Å². The monoisotopic (exact) mass is 391 g/mol. The van der Waals surface area contributed by atoms with Crippen LogP contribution in [0.4, 0.5) is 5.69 Å². The van der Waals surface area contributed by atoms with E-state index in [1.165, 1.54) is 12.8 Å². The van der Waals surface area contributed by atoms with Gasteiger partial charge in [-0.3, -0.25) is 9.69 Å². The van der Waals surface area contributed by atoms with Gasteiger partial charge in [-0.05, 0) is 69.4 Å². The molecule has 1 atom stereocenters. The van der Waals surface area contributed by atoms with Gasteiger partial charge in [0.05, 0.1) is 6.04 Å². The highest BCUT2D eigenvalue weighted by molar-refractivity contribution is 6.35. The van der Waals surface area contributed by atoms with Crippen LogP contribution in [0, 0.1) is 5.92 Å². The zero-order chi connectivity index (χ0) is 16.2. The summed E-state index contributed by atoms with van der Waals surface area (Å²) in [4.78, 5) is 15.0. The largest absolute Gasteiger partial charge is 0.325 e. The zero-order valence-corrected chi connectivity index (χ0v) is 15.9. The molecule has 4 nitrogen and oxygen atoms in total. The van der Waals surface area contributed by atoms with Crippen LogP contribution in [0.5, 0.6) is 0 Å². The van der Waals surface area contributed by atoms with Crippen LogP contribution in [-0.2, 0) is 4.79 Å². The van der Waals surface area contributed by atoms with E-state index in [-0.39, 0.29) is 24.4 Å². The molecule has 2 aliphatic rings. The summed E-state index contributed by atoms with van der Waals surface area (Å²) in [5.74, 6) is 0.750. The lowest BCUT2D eigenvalue weighted by Gasteiger charge is -2.30. The SMILES string of the molecule is Cl.O=C(Nc1cc(Cl)cc(Cl)c1)C1CCCN1CC1CCNCC1. The molecule has 0 spiro atoms. The first-order valence-corrected chi connectivity index (χ1v) is 9.09. The third-order valence-corrected chi connectivity index (χ3v) is 5.18. The fourth-order valence-corrected chi connectivity index (χ4v) is 4.12. The summed E-state index contributed by atoms with van der Waals surface area (Å²) in [6, 6.07) is 5.09. The number of amides is 1. The van der Waals surface area contributed by atoms with Gasteiger partial charge in [0, 0.05) is 22.3 Å². The van der Waals surface area contributed by atoms with E-state index in [0.717, 1.165) is 39.0 Å². The maximum Gasteiger partial charge on any atom is 0.241 e. The molecular weight excluding hydrogens is 369 g/mol. The predicted molar refractivity (Wildman–Crippen MR) is 103 cm³/mol. The number of halogens is 3. The van der Waals surface area contributed by atoms with E-state index < -0.39 is 0 Å². The summed E-state index contributed by atoms with van der Waals surface area (Å²) >= 11 is 12.0. The number of likely N-dealkylation sites (tertiary alicyclic amines) is 1. The number of hydrogen-bond donors (Lipinski definition) is 2. The quantitative estimate of drug-likeness (QED) is 0.819. The highest BCUT2D eigenvalue weighted by atomic mass is 35.5. The second-order valence-electron chi connectivity index (χ2n) is 6.49. The number of carbonyl (C=O) groups is 1. The molecule has 0 aromatic heterocycles. The Morgan fingerprint density at radius 1 is 1.17 bits per heavy atom. The highest BCUT2D eigenvalue weighted by Crippen LogP contribution is 2.26. The van der Waals surface area contributed by atoms with Gasteiger partial charge in [-0.2, -0.15) is 0 Å². The minimum Gasteiger partial charge on any atom is -0.325 e. The molecule has 134 valence electrons. The molecule has 3 rings (SSSR count). The highest BCUT2D eigenvalue weighted by Gasteiger charge is 2.32. The van der Waals surface area contributed by atoms with Crippen LogP contribution in [0.2, 0.25) is 10.0 Å². The molecule has 2 fully saturated rings. The van der Waals surface area contributed by atoms with Crippen molar-refractivity contribution < 1.29 is 4.79 Å². The molecule has 1 unspecified atom stereocenters. The van der Waals surface area contributed by atoms with Crippen molar-refractivity contribution in [2.75, 3.05) is 31.5 Å². The first kappa shape index (κ1) is 19.8. The van der Waals surface area contributed by atoms with Crippen molar-refractivity contribution in [3.05, 3.63) is 28.2 Å². The first-order valence-electron chi connectivity index (χ1n) is 8.33. The van der Waals surface area contributed by atoms with E-state index in [1.54, 1.807) is 18.2 Å². The van der Waals surface area contributed by atoms with E-state index >= 15 is 0 Å². The minimum atomic E-state index is -0.0392. The molecule has 0 radical (unpaired) electrons. The van der Waals surface area contributed by atoms with Gasteiger partial charge in [-0.25, -0.2) is 0 Å². The standard InChI is InChI=1S/C17H23Cl2N3O.ClH/c18-13-8-14(19)10-15(9-13)21-17(23)16-2-1-7-22(16)11-12-3-5-20-6-4-12;/h8-10,12,16,20H,1-7,11H2,(H,21,23);1H. The number of anilines is 1. The summed E-state index contributed by atoms with van der Waals surface area (Å²) in [6.07, 6.45) is 4.41. The fourth-order valence-electron chi connectivity index (χ4n) is 3.59. The van der Waals surface area contributed by atoms with Crippen LogP contribution in [-0.4, -0.2) is 43.0 Å². The number of piperidine rings is 1. The lowest BCUT2D eigenvalue weighted by Crippen LogP contribution is -2.43. The van der Waals surface area contributed by atoms with Crippen LogP contribution in [0.15, 0.2) is 18.2 Å². The molecule has 0 aliphatic carbocycles. The smallest absolute Gasteiger partial charge is 0.241 e. The Bertz CT molecular complexity index is 544. The van der Waals surface area contributed by atoms with Crippen molar-refractivity contribution in [2.24, 2.45) is 5.92 Å². The van der Waals surface area contributed by atoms with E-state index in [1.807, 2.05) is 0 Å². The van der Waals surface area contributed by atoms with Crippen molar-refractivity contribution in [2.45, 2.75) is 31.7 Å². The molecule has 24 heavy (non-hydrogen) atoms. The Balaban J connectivity index is 0.00000208. The molecule has 0 saturated carbocycles. The van der Waals surface area contributed by atoms with Crippen molar-refractivity contribution >= 4 is 47.2 Å². The van der Waals surface area contributed by atoms with Gasteiger partial charge in [-0.1, -0.05) is 23.2 Å². The van der Waals surface area contributed by atoms with E-state index in [2.05, 4.69) is 15.5 Å². The molecule has 2 aliphatic heterocycles. The van der Waals surface area contributed by atoms with Crippen LogP contribution in [0.3, 0.4) is 0 Å². The normalized spacial score (nSPS) is 22.2. The number of nitrogens with zero attached hydrogens (tertiary/aromatic N) is 1. The number of hydrogen-bond acceptors (Lipinski definition) is 3. The number of rotatable bonds is 4. The number of benzene rings is 1. The molecule has 2 saturated heterocycles. The first-order chi connectivity index (χ1) is 11.1. The van der Waals surface area contributed by atoms with Crippen molar-refractivity contribution in [3.8, 4) is 0 Å². The van der Waals surface area contributed by atoms with Gasteiger partial charge in [-0.15, -0.1) is 12.4 Å². The van der Waals surface area contributed by atoms with Gasteiger partial charge in [0.15, 0.2) is 0 Å². The van der Waals surface area contributed by atoms with E-state index in [0.29, 0.717) is 21.7 Å². The molecule has 2 heterocycles. The average molecular weight is 393 g/mol. The third kappa shape index (κ3) is 5.24. The second-order valence-corrected chi connectivity index (χ2v) is 7.37. The molecule has 2 N–H and O–H groups in total. The molecular formula is C17H24Cl3N3O. The van der Waals surface area contributed by atoms with Gasteiger partial charge in [0.25, 0.3) is 0 Å². The molecule has 1 aromatic carbocycles. The molecule has 1 aromatic rings. The maximum absolute atomic E-state index is 12.6. The Kier molecular flexibility index (Phi) is 7.63. The van der Waals surface area contributed by atoms with Crippen LogP contribution >= 0.6 is 35.6 Å². The van der Waals surface area contributed by atoms with Crippen molar-refractivity contribution in [1.82, 2.24) is 10.2 Å². The molecule has 7 heteroatoms. The van der Waals surface area contributed by atoms with Crippen molar-refractivity contribution in [3.63, 3.8) is 0 Å². The Labute approximate surface area is 159 Å². The molecule has 1 amide bonds. The third-order valence-electron chi connectivity index (χ3n) is 4.75. The second kappa shape index (κ2) is 9.25. The van der Waals surface area contributed by atoms with Gasteiger partial charge in [0.2, 0.25) is 5.91 Å². The zero-order valence-electron chi connectivity index (χ0n) is 13.6. The van der Waals surface area contributed by atoms with E-state index in [9.17, 15) is 4.79 Å². The maximum atomic E-state index is 12.6. The fraction of sp³-hybridized carbons (Fsp3) is 0.588.